The van der Waals surface area contributed by atoms with Crippen LogP contribution >= 0.6 is 11.6 Å². The van der Waals surface area contributed by atoms with Crippen LogP contribution in [0.1, 0.15) is 19.3 Å². The highest BCUT2D eigenvalue weighted by Gasteiger charge is 2.26. The molecule has 146 valence electrons. The SMILES string of the molecule is O=S(=O)(c1cccc(-c2cn(-c3cc(Cl)ccc3O)nn2)c1)N1CCCCC1. The van der Waals surface area contributed by atoms with Crippen LogP contribution in [-0.4, -0.2) is 45.9 Å². The molecule has 0 aliphatic carbocycles. The summed E-state index contributed by atoms with van der Waals surface area (Å²) >= 11 is 5.99. The predicted octanol–water partition coefficient (Wildman–Crippen LogP) is 3.47. The summed E-state index contributed by atoms with van der Waals surface area (Å²) in [6.45, 7) is 1.10. The molecule has 0 spiro atoms. The molecule has 4 rings (SSSR count). The lowest BCUT2D eigenvalue weighted by atomic mass is 10.2. The minimum absolute atomic E-state index is 0.0160. The van der Waals surface area contributed by atoms with Gasteiger partial charge in [-0.25, -0.2) is 13.1 Å². The fourth-order valence-electron chi connectivity index (χ4n) is 3.26. The van der Waals surface area contributed by atoms with Crippen molar-refractivity contribution in [1.82, 2.24) is 19.3 Å². The van der Waals surface area contributed by atoms with Crippen molar-refractivity contribution in [1.29, 1.82) is 0 Å². The molecule has 2 aromatic carbocycles. The number of hydrogen-bond donors (Lipinski definition) is 1. The highest BCUT2D eigenvalue weighted by atomic mass is 35.5. The van der Waals surface area contributed by atoms with E-state index in [1.165, 1.54) is 15.1 Å². The van der Waals surface area contributed by atoms with E-state index >= 15 is 0 Å². The van der Waals surface area contributed by atoms with Gasteiger partial charge in [-0.05, 0) is 43.2 Å². The molecule has 0 atom stereocenters. The highest BCUT2D eigenvalue weighted by Crippen LogP contribution is 2.28. The van der Waals surface area contributed by atoms with E-state index < -0.39 is 10.0 Å². The van der Waals surface area contributed by atoms with Gasteiger partial charge in [0.2, 0.25) is 10.0 Å². The van der Waals surface area contributed by atoms with Crippen molar-refractivity contribution in [3.05, 3.63) is 53.7 Å². The van der Waals surface area contributed by atoms with Gasteiger partial charge in [0.15, 0.2) is 0 Å². The summed E-state index contributed by atoms with van der Waals surface area (Å²) in [4.78, 5) is 0.243. The first-order chi connectivity index (χ1) is 13.4. The van der Waals surface area contributed by atoms with Crippen LogP contribution in [0.4, 0.5) is 0 Å². The second kappa shape index (κ2) is 7.54. The van der Waals surface area contributed by atoms with Crippen molar-refractivity contribution in [3.63, 3.8) is 0 Å². The van der Waals surface area contributed by atoms with Gasteiger partial charge in [-0.15, -0.1) is 5.10 Å². The van der Waals surface area contributed by atoms with Gasteiger partial charge in [0, 0.05) is 23.7 Å². The number of aromatic hydroxyl groups is 1. The van der Waals surface area contributed by atoms with Gasteiger partial charge < -0.3 is 5.11 Å². The fourth-order valence-corrected chi connectivity index (χ4v) is 4.99. The molecule has 1 aromatic heterocycles. The lowest BCUT2D eigenvalue weighted by molar-refractivity contribution is 0.346. The second-order valence-electron chi connectivity index (χ2n) is 6.67. The first-order valence-corrected chi connectivity index (χ1v) is 10.8. The molecule has 7 nitrogen and oxygen atoms in total. The van der Waals surface area contributed by atoms with Crippen molar-refractivity contribution >= 4 is 21.6 Å². The fraction of sp³-hybridized carbons (Fsp3) is 0.263. The average molecular weight is 419 g/mol. The summed E-state index contributed by atoms with van der Waals surface area (Å²) in [5, 5.41) is 18.6. The number of sulfonamides is 1. The summed E-state index contributed by atoms with van der Waals surface area (Å²) < 4.78 is 28.8. The number of rotatable bonds is 4. The first-order valence-electron chi connectivity index (χ1n) is 8.97. The Hall–Kier alpha value is -2.42. The maximum atomic E-state index is 12.9. The third kappa shape index (κ3) is 3.63. The minimum atomic E-state index is -3.53. The molecule has 2 heterocycles. The van der Waals surface area contributed by atoms with E-state index in [0.717, 1.165) is 19.3 Å². The quantitative estimate of drug-likeness (QED) is 0.700. The Morgan fingerprint density at radius 1 is 1.04 bits per heavy atom. The van der Waals surface area contributed by atoms with Gasteiger partial charge in [0.05, 0.1) is 11.1 Å². The molecule has 1 aliphatic heterocycles. The molecule has 3 aromatic rings. The zero-order chi connectivity index (χ0) is 19.7. The van der Waals surface area contributed by atoms with Crippen molar-refractivity contribution in [2.45, 2.75) is 24.2 Å². The lowest BCUT2D eigenvalue weighted by Gasteiger charge is -2.25. The molecular formula is C19H19ClN4O3S. The van der Waals surface area contributed by atoms with E-state index in [9.17, 15) is 13.5 Å². The zero-order valence-corrected chi connectivity index (χ0v) is 16.6. The van der Waals surface area contributed by atoms with Gasteiger partial charge in [-0.1, -0.05) is 35.4 Å². The van der Waals surface area contributed by atoms with E-state index in [1.54, 1.807) is 42.6 Å². The topological polar surface area (TPSA) is 88.3 Å². The third-order valence-corrected chi connectivity index (χ3v) is 6.89. The van der Waals surface area contributed by atoms with Crippen molar-refractivity contribution < 1.29 is 13.5 Å². The van der Waals surface area contributed by atoms with E-state index in [2.05, 4.69) is 10.3 Å². The molecular weight excluding hydrogens is 400 g/mol. The summed E-state index contributed by atoms with van der Waals surface area (Å²) in [5.74, 6) is 0.0160. The van der Waals surface area contributed by atoms with Crippen LogP contribution in [0.5, 0.6) is 5.75 Å². The summed E-state index contributed by atoms with van der Waals surface area (Å²) in [6, 6.07) is 11.3. The van der Waals surface area contributed by atoms with Crippen LogP contribution in [0, 0.1) is 0 Å². The number of halogens is 1. The van der Waals surface area contributed by atoms with Crippen LogP contribution in [0.2, 0.25) is 5.02 Å². The Labute approximate surface area is 168 Å². The molecule has 0 amide bonds. The summed E-state index contributed by atoms with van der Waals surface area (Å²) in [7, 11) is -3.53. The molecule has 1 saturated heterocycles. The molecule has 9 heteroatoms. The Bertz CT molecular complexity index is 1110. The Morgan fingerprint density at radius 3 is 2.61 bits per heavy atom. The maximum absolute atomic E-state index is 12.9. The largest absolute Gasteiger partial charge is 0.506 e. The number of benzene rings is 2. The van der Waals surface area contributed by atoms with Crippen molar-refractivity contribution in [3.8, 4) is 22.7 Å². The molecule has 0 bridgehead atoms. The number of piperidine rings is 1. The van der Waals surface area contributed by atoms with Crippen LogP contribution in [0.15, 0.2) is 53.6 Å². The molecule has 0 unspecified atom stereocenters. The summed E-state index contributed by atoms with van der Waals surface area (Å²) in [6.07, 6.45) is 4.45. The average Bonchev–Trinajstić information content (AvgIpc) is 3.21. The van der Waals surface area contributed by atoms with Gasteiger partial charge in [0.1, 0.15) is 17.1 Å². The van der Waals surface area contributed by atoms with Crippen molar-refractivity contribution in [2.24, 2.45) is 0 Å². The normalized spacial score (nSPS) is 15.6. The Kier molecular flexibility index (Phi) is 5.09. The Morgan fingerprint density at radius 2 is 1.82 bits per heavy atom. The molecule has 28 heavy (non-hydrogen) atoms. The zero-order valence-electron chi connectivity index (χ0n) is 15.0. The van der Waals surface area contributed by atoms with Gasteiger partial charge in [-0.2, -0.15) is 4.31 Å². The Balaban J connectivity index is 1.67. The maximum Gasteiger partial charge on any atom is 0.243 e. The number of phenols is 1. The molecule has 1 N–H and O–H groups in total. The van der Waals surface area contributed by atoms with Crippen molar-refractivity contribution in [2.75, 3.05) is 13.1 Å². The monoisotopic (exact) mass is 418 g/mol. The van der Waals surface area contributed by atoms with Crippen LogP contribution in [0.25, 0.3) is 16.9 Å². The molecule has 0 radical (unpaired) electrons. The van der Waals surface area contributed by atoms with Crippen LogP contribution in [-0.2, 0) is 10.0 Å². The van der Waals surface area contributed by atoms with E-state index in [4.69, 9.17) is 11.6 Å². The van der Waals surface area contributed by atoms with E-state index in [-0.39, 0.29) is 10.6 Å². The number of nitrogens with zero attached hydrogens (tertiary/aromatic N) is 4. The number of phenolic OH excluding ortho intramolecular Hbond substituents is 1. The predicted molar refractivity (Wildman–Crippen MR) is 106 cm³/mol. The highest BCUT2D eigenvalue weighted by molar-refractivity contribution is 7.89. The molecule has 0 saturated carbocycles. The first kappa shape index (κ1) is 18.9. The number of hydrogen-bond acceptors (Lipinski definition) is 5. The van der Waals surface area contributed by atoms with Crippen LogP contribution < -0.4 is 0 Å². The standard InChI is InChI=1S/C19H19ClN4O3S/c20-15-7-8-19(25)18(12-15)24-13-17(21-22-24)14-5-4-6-16(11-14)28(26,27)23-9-2-1-3-10-23/h4-8,11-13,25H,1-3,9-10H2. The number of aromatic nitrogens is 3. The third-order valence-electron chi connectivity index (χ3n) is 4.76. The van der Waals surface area contributed by atoms with Gasteiger partial charge in [-0.3, -0.25) is 0 Å². The second-order valence-corrected chi connectivity index (χ2v) is 9.05. The molecule has 1 aliphatic rings. The van der Waals surface area contributed by atoms with E-state index in [0.29, 0.717) is 35.1 Å². The lowest BCUT2D eigenvalue weighted by Crippen LogP contribution is -2.35. The molecule has 1 fully saturated rings. The smallest absolute Gasteiger partial charge is 0.243 e. The van der Waals surface area contributed by atoms with Gasteiger partial charge in [0.25, 0.3) is 0 Å². The minimum Gasteiger partial charge on any atom is -0.506 e. The van der Waals surface area contributed by atoms with Crippen LogP contribution in [0.3, 0.4) is 0 Å². The summed E-state index contributed by atoms with van der Waals surface area (Å²) in [5.41, 5.74) is 1.52. The van der Waals surface area contributed by atoms with E-state index in [1.807, 2.05) is 0 Å². The van der Waals surface area contributed by atoms with Gasteiger partial charge >= 0.3 is 0 Å².